The maximum Gasteiger partial charge on any atom is 0.316 e. The van der Waals surface area contributed by atoms with E-state index in [1.165, 1.54) is 7.11 Å². The fourth-order valence-electron chi connectivity index (χ4n) is 2.42. The highest BCUT2D eigenvalue weighted by Gasteiger charge is 2.15. The van der Waals surface area contributed by atoms with Gasteiger partial charge in [-0.25, -0.2) is 9.97 Å². The normalized spacial score (nSPS) is 10.8. The van der Waals surface area contributed by atoms with Crippen LogP contribution in [0.4, 0.5) is 0 Å². The lowest BCUT2D eigenvalue weighted by Gasteiger charge is -2.07. The zero-order valence-corrected chi connectivity index (χ0v) is 15.8. The monoisotopic (exact) mass is 387 g/mol. The molecule has 26 heavy (non-hydrogen) atoms. The van der Waals surface area contributed by atoms with E-state index in [0.29, 0.717) is 29.3 Å². The van der Waals surface area contributed by atoms with E-state index in [2.05, 4.69) is 26.3 Å². The largest absolute Gasteiger partial charge is 0.468 e. The Balaban J connectivity index is 1.93. The number of thioether (sulfide) groups is 1. The third-order valence-electron chi connectivity index (χ3n) is 3.64. The Morgan fingerprint density at radius 2 is 2.19 bits per heavy atom. The number of carbonyl (C=O) groups excluding carboxylic acids is 1. The molecule has 1 N–H and O–H groups in total. The van der Waals surface area contributed by atoms with Crippen molar-refractivity contribution in [1.82, 2.24) is 15.0 Å². The van der Waals surface area contributed by atoms with Crippen LogP contribution in [-0.4, -0.2) is 33.8 Å². The number of thiazole rings is 1. The van der Waals surface area contributed by atoms with Gasteiger partial charge in [0.1, 0.15) is 0 Å². The number of fused-ring (bicyclic) bond motifs is 1. The van der Waals surface area contributed by atoms with Crippen molar-refractivity contribution in [3.8, 4) is 0 Å². The number of esters is 1. The van der Waals surface area contributed by atoms with Crippen LogP contribution in [0.1, 0.15) is 16.3 Å². The number of H-pyrrole nitrogens is 1. The molecular weight excluding hydrogens is 370 g/mol. The highest BCUT2D eigenvalue weighted by Crippen LogP contribution is 2.24. The minimum atomic E-state index is -0.374. The van der Waals surface area contributed by atoms with E-state index in [1.54, 1.807) is 17.4 Å². The average Bonchev–Trinajstić information content (AvgIpc) is 3.04. The lowest BCUT2D eigenvalue weighted by Crippen LogP contribution is -2.19. The Morgan fingerprint density at radius 3 is 2.92 bits per heavy atom. The van der Waals surface area contributed by atoms with Gasteiger partial charge in [-0.2, -0.15) is 0 Å². The summed E-state index contributed by atoms with van der Waals surface area (Å²) in [5.74, 6) is -0.290. The Bertz CT molecular complexity index is 977. The summed E-state index contributed by atoms with van der Waals surface area (Å²) in [5.41, 5.74) is 1.94. The molecule has 3 rings (SSSR count). The molecule has 0 aliphatic heterocycles. The molecule has 6 nitrogen and oxygen atoms in total. The van der Waals surface area contributed by atoms with E-state index >= 15 is 0 Å². The first-order valence-corrected chi connectivity index (χ1v) is 9.68. The van der Waals surface area contributed by atoms with Gasteiger partial charge in [-0.1, -0.05) is 30.0 Å². The Hall–Kier alpha value is -2.45. The number of nitrogens with one attached hydrogen (secondary N) is 1. The highest BCUT2D eigenvalue weighted by molar-refractivity contribution is 7.99. The molecule has 0 spiro atoms. The number of aromatic amines is 1. The molecule has 0 aliphatic carbocycles. The standard InChI is InChI=1S/C18H17N3O3S2/c1-3-6-11-13(9-15-19-12-7-4-5-8-14(12)26-15)20-18(21-17(11)23)25-10-16(22)24-2/h3-5,7-8H,1,6,9-10H2,2H3,(H,20,21,23). The number of hydrogen-bond acceptors (Lipinski definition) is 7. The van der Waals surface area contributed by atoms with Gasteiger partial charge in [-0.15, -0.1) is 17.9 Å². The molecule has 2 aromatic heterocycles. The van der Waals surface area contributed by atoms with Crippen molar-refractivity contribution in [2.45, 2.75) is 18.0 Å². The third kappa shape index (κ3) is 4.20. The molecule has 0 amide bonds. The molecule has 0 atom stereocenters. The minimum absolute atomic E-state index is 0.0841. The first kappa shape index (κ1) is 18.3. The van der Waals surface area contributed by atoms with Gasteiger partial charge in [-0.05, 0) is 18.6 Å². The van der Waals surface area contributed by atoms with Gasteiger partial charge in [0.2, 0.25) is 0 Å². The number of rotatable bonds is 7. The van der Waals surface area contributed by atoms with Crippen LogP contribution in [0.3, 0.4) is 0 Å². The second kappa shape index (κ2) is 8.29. The zero-order chi connectivity index (χ0) is 18.5. The van der Waals surface area contributed by atoms with Crippen LogP contribution in [0.15, 0.2) is 46.9 Å². The van der Waals surface area contributed by atoms with Gasteiger partial charge in [0.25, 0.3) is 5.56 Å². The average molecular weight is 387 g/mol. The molecule has 0 unspecified atom stereocenters. The van der Waals surface area contributed by atoms with Crippen LogP contribution >= 0.6 is 23.1 Å². The summed E-state index contributed by atoms with van der Waals surface area (Å²) >= 11 is 2.72. The minimum Gasteiger partial charge on any atom is -0.468 e. The number of para-hydroxylation sites is 1. The SMILES string of the molecule is C=CCc1c(Cc2nc3ccccc3s2)nc(SCC(=O)OC)[nH]c1=O. The number of aromatic nitrogens is 3. The van der Waals surface area contributed by atoms with E-state index in [4.69, 9.17) is 0 Å². The fourth-order valence-corrected chi connectivity index (χ4v) is 4.10. The predicted octanol–water partition coefficient (Wildman–Crippen LogP) is 2.96. The Labute approximate surface area is 158 Å². The summed E-state index contributed by atoms with van der Waals surface area (Å²) in [5, 5.41) is 1.28. The quantitative estimate of drug-likeness (QED) is 0.290. The van der Waals surface area contributed by atoms with Crippen LogP contribution in [0.5, 0.6) is 0 Å². The maximum absolute atomic E-state index is 12.4. The van der Waals surface area contributed by atoms with Crippen molar-refractivity contribution in [2.75, 3.05) is 12.9 Å². The molecular formula is C18H17N3O3S2. The number of ether oxygens (including phenoxy) is 1. The Kier molecular flexibility index (Phi) is 5.85. The molecule has 1 aromatic carbocycles. The van der Waals surface area contributed by atoms with Crippen molar-refractivity contribution >= 4 is 39.3 Å². The topological polar surface area (TPSA) is 84.9 Å². The maximum atomic E-state index is 12.4. The van der Waals surface area contributed by atoms with E-state index in [-0.39, 0.29) is 17.3 Å². The zero-order valence-electron chi connectivity index (χ0n) is 14.2. The summed E-state index contributed by atoms with van der Waals surface area (Å²) < 4.78 is 5.72. The second-order valence-corrected chi connectivity index (χ2v) is 7.49. The van der Waals surface area contributed by atoms with E-state index in [9.17, 15) is 9.59 Å². The highest BCUT2D eigenvalue weighted by atomic mass is 32.2. The first-order chi connectivity index (χ1) is 12.6. The summed E-state index contributed by atoms with van der Waals surface area (Å²) in [6.45, 7) is 3.71. The molecule has 0 radical (unpaired) electrons. The smallest absolute Gasteiger partial charge is 0.316 e. The van der Waals surface area contributed by atoms with Gasteiger partial charge in [-0.3, -0.25) is 9.59 Å². The van der Waals surface area contributed by atoms with Crippen molar-refractivity contribution in [3.63, 3.8) is 0 Å². The van der Waals surface area contributed by atoms with Crippen molar-refractivity contribution in [3.05, 3.63) is 63.5 Å². The van der Waals surface area contributed by atoms with Gasteiger partial charge < -0.3 is 9.72 Å². The molecule has 3 aromatic rings. The predicted molar refractivity (Wildman–Crippen MR) is 104 cm³/mol. The molecule has 0 aliphatic rings. The number of nitrogens with zero attached hydrogens (tertiary/aromatic N) is 2. The van der Waals surface area contributed by atoms with Crippen molar-refractivity contribution < 1.29 is 9.53 Å². The summed E-state index contributed by atoms with van der Waals surface area (Å²) in [7, 11) is 1.32. The molecule has 0 fully saturated rings. The van der Waals surface area contributed by atoms with Crippen molar-refractivity contribution in [1.29, 1.82) is 0 Å². The molecule has 8 heteroatoms. The number of carbonyl (C=O) groups is 1. The molecule has 0 bridgehead atoms. The van der Waals surface area contributed by atoms with Gasteiger partial charge in [0.05, 0.1) is 33.8 Å². The lowest BCUT2D eigenvalue weighted by molar-refractivity contribution is -0.137. The Morgan fingerprint density at radius 1 is 1.38 bits per heavy atom. The van der Waals surface area contributed by atoms with E-state index in [1.807, 2.05) is 24.3 Å². The lowest BCUT2D eigenvalue weighted by atomic mass is 10.1. The summed E-state index contributed by atoms with van der Waals surface area (Å²) in [6.07, 6.45) is 2.55. The van der Waals surface area contributed by atoms with Gasteiger partial charge in [0, 0.05) is 12.0 Å². The van der Waals surface area contributed by atoms with Gasteiger partial charge in [0.15, 0.2) is 5.16 Å². The number of allylic oxidation sites excluding steroid dienone is 1. The van der Waals surface area contributed by atoms with E-state index in [0.717, 1.165) is 27.0 Å². The molecule has 2 heterocycles. The third-order valence-corrected chi connectivity index (χ3v) is 5.52. The second-order valence-electron chi connectivity index (χ2n) is 5.41. The number of hydrogen-bond donors (Lipinski definition) is 1. The number of methoxy groups -OCH3 is 1. The van der Waals surface area contributed by atoms with Gasteiger partial charge >= 0.3 is 5.97 Å². The van der Waals surface area contributed by atoms with Crippen LogP contribution < -0.4 is 5.56 Å². The van der Waals surface area contributed by atoms with E-state index < -0.39 is 0 Å². The van der Waals surface area contributed by atoms with Crippen molar-refractivity contribution in [2.24, 2.45) is 0 Å². The fraction of sp³-hybridized carbons (Fsp3) is 0.222. The molecule has 134 valence electrons. The van der Waals surface area contributed by atoms with Crippen LogP contribution in [0, 0.1) is 0 Å². The molecule has 0 saturated carbocycles. The summed E-state index contributed by atoms with van der Waals surface area (Å²) in [4.78, 5) is 35.6. The molecule has 0 saturated heterocycles. The van der Waals surface area contributed by atoms with Crippen LogP contribution in [0.25, 0.3) is 10.2 Å². The summed E-state index contributed by atoms with van der Waals surface area (Å²) in [6, 6.07) is 7.90. The first-order valence-electron chi connectivity index (χ1n) is 7.87. The van der Waals surface area contributed by atoms with Crippen LogP contribution in [0.2, 0.25) is 0 Å². The van der Waals surface area contributed by atoms with Crippen LogP contribution in [-0.2, 0) is 22.4 Å². The number of benzene rings is 1.